The quantitative estimate of drug-likeness (QED) is 0.131. The van der Waals surface area contributed by atoms with Crippen LogP contribution < -0.4 is 0 Å². The first-order chi connectivity index (χ1) is 22.3. The molecule has 0 N–H and O–H groups in total. The van der Waals surface area contributed by atoms with E-state index >= 15 is 0 Å². The normalized spacial score (nSPS) is 11.2. The number of hydrogen-bond donors (Lipinski definition) is 0. The lowest BCUT2D eigenvalue weighted by atomic mass is 9.98. The van der Waals surface area contributed by atoms with E-state index in [1.54, 1.807) is 36.4 Å². The molecule has 0 saturated carbocycles. The molecule has 0 aliphatic carbocycles. The van der Waals surface area contributed by atoms with Crippen molar-refractivity contribution in [1.29, 1.82) is 0 Å². The maximum atomic E-state index is 14.4. The van der Waals surface area contributed by atoms with Gasteiger partial charge >= 0.3 is 6.18 Å². The third-order valence-corrected chi connectivity index (χ3v) is 7.08. The van der Waals surface area contributed by atoms with Gasteiger partial charge < -0.3 is 0 Å². The van der Waals surface area contributed by atoms with Crippen molar-refractivity contribution in [2.75, 3.05) is 0 Å². The van der Waals surface area contributed by atoms with Crippen molar-refractivity contribution in [2.45, 2.75) is 6.18 Å². The Morgan fingerprint density at radius 1 is 0.319 bits per heavy atom. The molecule has 0 unspecified atom stereocenters. The summed E-state index contributed by atoms with van der Waals surface area (Å²) in [4.78, 5) is 0. The van der Waals surface area contributed by atoms with Gasteiger partial charge in [0.15, 0.2) is 17.5 Å². The number of alkyl halides is 3. The molecule has 47 heavy (non-hydrogen) atoms. The Morgan fingerprint density at radius 3 is 1.00 bits per heavy atom. The van der Waals surface area contributed by atoms with Crippen LogP contribution in [0.3, 0.4) is 0 Å². The van der Waals surface area contributed by atoms with Crippen LogP contribution in [-0.4, -0.2) is 0 Å². The van der Waals surface area contributed by atoms with Gasteiger partial charge in [0.05, 0.1) is 0 Å². The zero-order valence-electron chi connectivity index (χ0n) is 23.8. The lowest BCUT2D eigenvalue weighted by Crippen LogP contribution is -2.11. The zero-order valence-corrected chi connectivity index (χ0v) is 23.8. The van der Waals surface area contributed by atoms with Gasteiger partial charge in [-0.15, -0.1) is 0 Å². The molecule has 0 heterocycles. The molecule has 0 spiro atoms. The first-order valence-corrected chi connectivity index (χ1v) is 13.7. The van der Waals surface area contributed by atoms with E-state index in [0.717, 1.165) is 29.3 Å². The van der Waals surface area contributed by atoms with Crippen LogP contribution in [0.25, 0.3) is 44.5 Å². The summed E-state index contributed by atoms with van der Waals surface area (Å²) >= 11 is 0. The van der Waals surface area contributed by atoms with E-state index in [4.69, 9.17) is 0 Å². The summed E-state index contributed by atoms with van der Waals surface area (Å²) in [5, 5.41) is 0. The van der Waals surface area contributed by atoms with Crippen molar-refractivity contribution in [3.63, 3.8) is 0 Å². The van der Waals surface area contributed by atoms with Gasteiger partial charge in [-0.05, 0) is 69.8 Å². The second-order valence-electron chi connectivity index (χ2n) is 10.2. The van der Waals surface area contributed by atoms with Gasteiger partial charge in [-0.3, -0.25) is 0 Å². The molecule has 0 atom stereocenters. The van der Waals surface area contributed by atoms with Gasteiger partial charge in [0.2, 0.25) is 0 Å². The predicted molar refractivity (Wildman–Crippen MR) is 159 cm³/mol. The molecule has 0 saturated heterocycles. The average molecular weight is 655 g/mol. The second kappa shape index (κ2) is 13.5. The van der Waals surface area contributed by atoms with Crippen LogP contribution in [0.1, 0.15) is 5.56 Å². The topological polar surface area (TPSA) is 0 Å². The van der Waals surface area contributed by atoms with Crippen LogP contribution >= 0.6 is 0 Å². The van der Waals surface area contributed by atoms with E-state index in [1.807, 2.05) is 30.3 Å². The van der Waals surface area contributed by atoms with Gasteiger partial charge in [-0.2, -0.15) is 13.2 Å². The van der Waals surface area contributed by atoms with Gasteiger partial charge in [-0.1, -0.05) is 84.9 Å². The van der Waals surface area contributed by atoms with E-state index in [1.165, 1.54) is 24.3 Å². The van der Waals surface area contributed by atoms with Crippen LogP contribution in [0.5, 0.6) is 0 Å². The summed E-state index contributed by atoms with van der Waals surface area (Å²) in [7, 11) is 0. The van der Waals surface area contributed by atoms with Crippen LogP contribution in [0.4, 0.5) is 43.9 Å². The molecule has 10 heteroatoms. The molecular weight excluding hydrogens is 634 g/mol. The molecule has 0 nitrogen and oxygen atoms in total. The van der Waals surface area contributed by atoms with Crippen LogP contribution in [-0.2, 0) is 6.18 Å². The summed E-state index contributed by atoms with van der Waals surface area (Å²) in [5.74, 6) is -9.25. The fraction of sp³-hybridized carbons (Fsp3) is 0.0270. The molecule has 0 bridgehead atoms. The minimum Gasteiger partial charge on any atom is -0.206 e. The Morgan fingerprint density at radius 2 is 0.660 bits per heavy atom. The van der Waals surface area contributed by atoms with Gasteiger partial charge in [0.1, 0.15) is 28.8 Å². The van der Waals surface area contributed by atoms with Crippen LogP contribution in [0.15, 0.2) is 121 Å². The molecular formula is C37H20F10. The highest BCUT2D eigenvalue weighted by atomic mass is 19.4. The molecule has 0 aliphatic rings. The van der Waals surface area contributed by atoms with Crippen molar-refractivity contribution >= 4 is 0 Å². The highest BCUT2D eigenvalue weighted by Crippen LogP contribution is 2.37. The van der Waals surface area contributed by atoms with Crippen LogP contribution in [0, 0.1) is 40.7 Å². The fourth-order valence-electron chi connectivity index (χ4n) is 4.83. The first kappa shape index (κ1) is 33.0. The van der Waals surface area contributed by atoms with Crippen LogP contribution in [0.2, 0.25) is 0 Å². The Labute approximate surface area is 262 Å². The molecule has 0 aromatic heterocycles. The molecule has 0 amide bonds. The highest BCUT2D eigenvalue weighted by Gasteiger charge is 2.38. The lowest BCUT2D eigenvalue weighted by molar-refractivity contribution is -0.142. The second-order valence-corrected chi connectivity index (χ2v) is 10.2. The van der Waals surface area contributed by atoms with Crippen molar-refractivity contribution in [3.8, 4) is 44.5 Å². The van der Waals surface area contributed by atoms with Crippen molar-refractivity contribution < 1.29 is 43.9 Å². The Bertz CT molecular complexity index is 1990. The zero-order chi connectivity index (χ0) is 33.9. The summed E-state index contributed by atoms with van der Waals surface area (Å²) < 4.78 is 133. The minimum atomic E-state index is -5.16. The molecule has 238 valence electrons. The van der Waals surface area contributed by atoms with Gasteiger partial charge in [-0.25, -0.2) is 30.7 Å². The lowest BCUT2D eigenvalue weighted by Gasteiger charge is -2.12. The summed E-state index contributed by atoms with van der Waals surface area (Å²) in [6, 6.07) is 28.8. The Kier molecular flexibility index (Phi) is 9.51. The summed E-state index contributed by atoms with van der Waals surface area (Å²) in [5.41, 5.74) is 0.219. The van der Waals surface area contributed by atoms with Gasteiger partial charge in [0.25, 0.3) is 0 Å². The largest absolute Gasteiger partial charge is 0.422 e. The van der Waals surface area contributed by atoms with E-state index in [2.05, 4.69) is 0 Å². The minimum absolute atomic E-state index is 0.0116. The number of benzene rings is 6. The predicted octanol–water partition coefficient (Wildman–Crippen LogP) is 12.0. The van der Waals surface area contributed by atoms with Crippen molar-refractivity contribution in [1.82, 2.24) is 0 Å². The van der Waals surface area contributed by atoms with Crippen molar-refractivity contribution in [2.24, 2.45) is 0 Å². The monoisotopic (exact) mass is 654 g/mol. The van der Waals surface area contributed by atoms with E-state index in [0.29, 0.717) is 23.3 Å². The van der Waals surface area contributed by atoms with E-state index in [-0.39, 0.29) is 22.3 Å². The summed E-state index contributed by atoms with van der Waals surface area (Å²) in [6.45, 7) is 0. The standard InChI is InChI=1S/C19H10F6.C18H10F4/c20-15-8-12(11-4-2-1-3-5-11)6-7-14(15)13-9-16(21)18(17(22)10-13)19(23,24)25;19-15-8-12(11-4-2-1-3-5-11)6-7-14(15)13-9-16(20)18(22)17(21)10-13/h1-10H;1-10H. The number of halogens is 10. The Hall–Kier alpha value is -5.38. The molecule has 6 aromatic rings. The third-order valence-electron chi connectivity index (χ3n) is 7.08. The first-order valence-electron chi connectivity index (χ1n) is 13.7. The maximum absolute atomic E-state index is 14.4. The molecule has 6 aromatic carbocycles. The van der Waals surface area contributed by atoms with E-state index < -0.39 is 52.5 Å². The SMILES string of the molecule is Fc1cc(-c2ccccc2)ccc1-c1cc(F)c(C(F)(F)F)c(F)c1.Fc1cc(-c2ccccc2)ccc1-c1cc(F)c(F)c(F)c1. The molecule has 0 aliphatic heterocycles. The van der Waals surface area contributed by atoms with Crippen molar-refractivity contribution in [3.05, 3.63) is 168 Å². The van der Waals surface area contributed by atoms with Gasteiger partial charge in [0, 0.05) is 11.1 Å². The fourth-order valence-corrected chi connectivity index (χ4v) is 4.83. The number of rotatable bonds is 4. The maximum Gasteiger partial charge on any atom is 0.422 e. The average Bonchev–Trinajstić information content (AvgIpc) is 3.03. The Balaban J connectivity index is 0.000000186. The third kappa shape index (κ3) is 7.38. The highest BCUT2D eigenvalue weighted by molar-refractivity contribution is 5.72. The molecule has 6 rings (SSSR count). The molecule has 0 radical (unpaired) electrons. The summed E-state index contributed by atoms with van der Waals surface area (Å²) in [6.07, 6.45) is -5.16. The van der Waals surface area contributed by atoms with E-state index in [9.17, 15) is 43.9 Å². The number of hydrogen-bond acceptors (Lipinski definition) is 0. The molecule has 0 fully saturated rings. The smallest absolute Gasteiger partial charge is 0.206 e.